The molecule has 0 radical (unpaired) electrons. The Hall–Kier alpha value is -2.53. The Bertz CT molecular complexity index is 756. The van der Waals surface area contributed by atoms with Crippen LogP contribution in [0, 0.1) is 16.7 Å². The van der Waals surface area contributed by atoms with Crippen LogP contribution in [0.15, 0.2) is 38.0 Å². The number of aromatic nitrogens is 1. The molecule has 0 bridgehead atoms. The van der Waals surface area contributed by atoms with Gasteiger partial charge in [0.05, 0.1) is 10.2 Å². The Labute approximate surface area is 129 Å². The number of halogens is 1. The van der Waals surface area contributed by atoms with E-state index in [4.69, 9.17) is 21.6 Å². The van der Waals surface area contributed by atoms with E-state index in [1.165, 1.54) is 0 Å². The van der Waals surface area contributed by atoms with Gasteiger partial charge in [0.1, 0.15) is 11.8 Å². The fourth-order valence-corrected chi connectivity index (χ4v) is 2.19. The number of hydrogen-bond donors (Lipinski definition) is 3. The standard InChI is InChI=1S/C13H11BrN6O/c1-6-8(11(16)12(17)13(18-6)20-21)4-7-2-3-9(14)10(5-15)19-7/h2-3,17,21H,4,16H2,1H3/b17-12?,20-13+. The summed E-state index contributed by atoms with van der Waals surface area (Å²) >= 11 is 3.24. The first kappa shape index (κ1) is 14.9. The second-order valence-corrected chi connectivity index (χ2v) is 5.16. The van der Waals surface area contributed by atoms with Crippen molar-refractivity contribution < 1.29 is 5.21 Å². The highest BCUT2D eigenvalue weighted by Crippen LogP contribution is 2.19. The van der Waals surface area contributed by atoms with Crippen LogP contribution in [0.25, 0.3) is 0 Å². The van der Waals surface area contributed by atoms with Gasteiger partial charge in [-0.15, -0.1) is 0 Å². The topological polar surface area (TPSA) is 132 Å². The first-order chi connectivity index (χ1) is 9.97. The van der Waals surface area contributed by atoms with E-state index in [1.807, 2.05) is 6.07 Å². The summed E-state index contributed by atoms with van der Waals surface area (Å²) in [6.07, 6.45) is 0.338. The molecule has 0 saturated carbocycles. The van der Waals surface area contributed by atoms with E-state index < -0.39 is 0 Å². The maximum Gasteiger partial charge on any atom is 0.218 e. The van der Waals surface area contributed by atoms with Crippen LogP contribution < -0.4 is 5.73 Å². The van der Waals surface area contributed by atoms with Crippen molar-refractivity contribution in [1.29, 1.82) is 10.7 Å². The first-order valence-corrected chi connectivity index (χ1v) is 6.68. The van der Waals surface area contributed by atoms with Crippen LogP contribution in [-0.2, 0) is 6.42 Å². The number of nitrogens with zero attached hydrogens (tertiary/aromatic N) is 4. The number of rotatable bonds is 2. The Morgan fingerprint density at radius 3 is 2.86 bits per heavy atom. The molecule has 106 valence electrons. The number of amidine groups is 1. The minimum atomic E-state index is -0.129. The Morgan fingerprint density at radius 2 is 2.24 bits per heavy atom. The van der Waals surface area contributed by atoms with Gasteiger partial charge in [-0.2, -0.15) is 5.26 Å². The zero-order valence-electron chi connectivity index (χ0n) is 11.1. The lowest BCUT2D eigenvalue weighted by atomic mass is 9.97. The highest BCUT2D eigenvalue weighted by molar-refractivity contribution is 9.10. The van der Waals surface area contributed by atoms with Crippen LogP contribution in [0.4, 0.5) is 0 Å². The summed E-state index contributed by atoms with van der Waals surface area (Å²) < 4.78 is 0.618. The highest BCUT2D eigenvalue weighted by Gasteiger charge is 2.23. The fraction of sp³-hybridized carbons (Fsp3) is 0.154. The van der Waals surface area contributed by atoms with E-state index >= 15 is 0 Å². The molecule has 1 aliphatic rings. The molecule has 7 nitrogen and oxygen atoms in total. The first-order valence-electron chi connectivity index (χ1n) is 5.89. The number of pyridine rings is 1. The van der Waals surface area contributed by atoms with Gasteiger partial charge in [-0.3, -0.25) is 5.41 Å². The number of oxime groups is 1. The molecule has 0 fully saturated rings. The molecule has 8 heteroatoms. The predicted octanol–water partition coefficient (Wildman–Crippen LogP) is 1.75. The minimum absolute atomic E-state index is 0.116. The summed E-state index contributed by atoms with van der Waals surface area (Å²) in [4.78, 5) is 8.24. The quantitative estimate of drug-likeness (QED) is 0.555. The lowest BCUT2D eigenvalue weighted by Crippen LogP contribution is -2.29. The van der Waals surface area contributed by atoms with Crippen LogP contribution >= 0.6 is 15.9 Å². The molecule has 1 aromatic heterocycles. The minimum Gasteiger partial charge on any atom is -0.409 e. The normalized spacial score (nSPS) is 16.9. The highest BCUT2D eigenvalue weighted by atomic mass is 79.9. The van der Waals surface area contributed by atoms with E-state index in [9.17, 15) is 0 Å². The van der Waals surface area contributed by atoms with Crippen LogP contribution in [0.3, 0.4) is 0 Å². The summed E-state index contributed by atoms with van der Waals surface area (Å²) in [5.74, 6) is -0.116. The molecule has 2 heterocycles. The van der Waals surface area contributed by atoms with E-state index in [2.05, 4.69) is 31.1 Å². The van der Waals surface area contributed by atoms with Gasteiger partial charge in [0.25, 0.3) is 0 Å². The van der Waals surface area contributed by atoms with Gasteiger partial charge in [-0.05, 0) is 35.0 Å². The number of nitriles is 1. The number of aliphatic imine (C=N–C) groups is 1. The van der Waals surface area contributed by atoms with Gasteiger partial charge in [-0.25, -0.2) is 9.98 Å². The van der Waals surface area contributed by atoms with Crippen LogP contribution in [0.5, 0.6) is 0 Å². The van der Waals surface area contributed by atoms with Crippen molar-refractivity contribution in [3.8, 4) is 6.07 Å². The molecule has 0 spiro atoms. The van der Waals surface area contributed by atoms with E-state index in [1.54, 1.807) is 19.1 Å². The number of nitrogens with two attached hydrogens (primary N) is 1. The average Bonchev–Trinajstić information content (AvgIpc) is 2.48. The van der Waals surface area contributed by atoms with Crippen LogP contribution in [0.1, 0.15) is 18.3 Å². The van der Waals surface area contributed by atoms with E-state index in [0.717, 1.165) is 0 Å². The summed E-state index contributed by atoms with van der Waals surface area (Å²) in [5.41, 5.74) is 8.08. The number of nitrogens with one attached hydrogen (secondary N) is 1. The van der Waals surface area contributed by atoms with Crippen molar-refractivity contribution in [1.82, 2.24) is 4.98 Å². The summed E-state index contributed by atoms with van der Waals surface area (Å²) in [6, 6.07) is 5.49. The lowest BCUT2D eigenvalue weighted by Gasteiger charge is -2.17. The fourth-order valence-electron chi connectivity index (χ4n) is 1.88. The zero-order chi connectivity index (χ0) is 15.6. The number of allylic oxidation sites excluding steroid dienone is 1. The molecule has 0 unspecified atom stereocenters. The molecule has 1 aromatic rings. The van der Waals surface area contributed by atoms with Gasteiger partial charge in [0.15, 0.2) is 5.69 Å². The third-order valence-corrected chi connectivity index (χ3v) is 3.63. The summed E-state index contributed by atoms with van der Waals surface area (Å²) in [5, 5.41) is 28.5. The molecule has 1 aliphatic heterocycles. The molecule has 0 aliphatic carbocycles. The molecule has 0 amide bonds. The van der Waals surface area contributed by atoms with Crippen molar-refractivity contribution in [2.45, 2.75) is 13.3 Å². The molecule has 0 aromatic carbocycles. The smallest absolute Gasteiger partial charge is 0.218 e. The summed E-state index contributed by atoms with van der Waals surface area (Å²) in [7, 11) is 0. The summed E-state index contributed by atoms with van der Waals surface area (Å²) in [6.45, 7) is 1.71. The van der Waals surface area contributed by atoms with E-state index in [0.29, 0.717) is 27.9 Å². The predicted molar refractivity (Wildman–Crippen MR) is 81.6 cm³/mol. The van der Waals surface area contributed by atoms with Gasteiger partial charge in [0, 0.05) is 23.4 Å². The maximum atomic E-state index is 8.98. The van der Waals surface area contributed by atoms with Crippen LogP contribution in [0.2, 0.25) is 0 Å². The Kier molecular flexibility index (Phi) is 4.14. The molecule has 0 atom stereocenters. The third kappa shape index (κ3) is 2.83. The lowest BCUT2D eigenvalue weighted by molar-refractivity contribution is 0.319. The number of dihydropyridines is 1. The monoisotopic (exact) mass is 346 g/mol. The second kappa shape index (κ2) is 5.85. The molecular formula is C13H11BrN6O. The molecule has 4 N–H and O–H groups in total. The van der Waals surface area contributed by atoms with E-state index in [-0.39, 0.29) is 22.9 Å². The van der Waals surface area contributed by atoms with Gasteiger partial charge >= 0.3 is 0 Å². The molecule has 0 saturated heterocycles. The second-order valence-electron chi connectivity index (χ2n) is 4.31. The Balaban J connectivity index is 2.40. The largest absolute Gasteiger partial charge is 0.409 e. The van der Waals surface area contributed by atoms with Gasteiger partial charge < -0.3 is 10.9 Å². The van der Waals surface area contributed by atoms with Gasteiger partial charge in [0.2, 0.25) is 5.84 Å². The SMILES string of the molecule is CC1=N/C(=N/O)C(=N)C(N)=C1Cc1ccc(Br)c(C#N)n1. The zero-order valence-corrected chi connectivity index (χ0v) is 12.6. The maximum absolute atomic E-state index is 8.98. The van der Waals surface area contributed by atoms with Crippen molar-refractivity contribution in [3.63, 3.8) is 0 Å². The van der Waals surface area contributed by atoms with Crippen molar-refractivity contribution in [2.75, 3.05) is 0 Å². The van der Waals surface area contributed by atoms with Crippen molar-refractivity contribution in [3.05, 3.63) is 39.3 Å². The van der Waals surface area contributed by atoms with Crippen molar-refractivity contribution >= 4 is 33.2 Å². The number of hydrogen-bond acceptors (Lipinski definition) is 6. The average molecular weight is 347 g/mol. The molecule has 21 heavy (non-hydrogen) atoms. The van der Waals surface area contributed by atoms with Gasteiger partial charge in [-0.1, -0.05) is 5.16 Å². The van der Waals surface area contributed by atoms with Crippen molar-refractivity contribution in [2.24, 2.45) is 15.9 Å². The van der Waals surface area contributed by atoms with Crippen LogP contribution in [-0.4, -0.2) is 27.5 Å². The molecule has 2 rings (SSSR count). The third-order valence-electron chi connectivity index (χ3n) is 2.99. The Morgan fingerprint density at radius 1 is 1.52 bits per heavy atom. The molecular weight excluding hydrogens is 336 g/mol.